The van der Waals surface area contributed by atoms with Crippen LogP contribution >= 0.6 is 0 Å². The molecule has 0 aliphatic carbocycles. The van der Waals surface area contributed by atoms with Gasteiger partial charge in [0.1, 0.15) is 17.4 Å². The Kier molecular flexibility index (Phi) is 3.63. The molecule has 0 fully saturated rings. The lowest BCUT2D eigenvalue weighted by Gasteiger charge is -2.08. The summed E-state index contributed by atoms with van der Waals surface area (Å²) in [6, 6.07) is 15.2. The molecule has 0 saturated carbocycles. The third-order valence-corrected chi connectivity index (χ3v) is 3.54. The van der Waals surface area contributed by atoms with E-state index in [1.54, 1.807) is 24.4 Å². The molecule has 2 heterocycles. The van der Waals surface area contributed by atoms with Crippen molar-refractivity contribution in [2.24, 2.45) is 0 Å². The van der Waals surface area contributed by atoms with Crippen molar-refractivity contribution in [3.05, 3.63) is 82.0 Å². The standard InChI is InChI=1S/C18H14N2O2/c1-13-4-6-14(7-5-13)12-20-9-8-15(16(11-19)18(20)21)17-3-2-10-22-17/h2-10H,12H2,1H3. The van der Waals surface area contributed by atoms with Crippen molar-refractivity contribution < 1.29 is 4.42 Å². The molecular weight excluding hydrogens is 276 g/mol. The van der Waals surface area contributed by atoms with E-state index >= 15 is 0 Å². The van der Waals surface area contributed by atoms with Crippen LogP contribution in [-0.2, 0) is 6.54 Å². The van der Waals surface area contributed by atoms with Crippen molar-refractivity contribution in [2.75, 3.05) is 0 Å². The number of hydrogen-bond donors (Lipinski definition) is 0. The fraction of sp³-hybridized carbons (Fsp3) is 0.111. The minimum Gasteiger partial charge on any atom is -0.464 e. The monoisotopic (exact) mass is 290 g/mol. The molecule has 0 N–H and O–H groups in total. The number of nitrogens with zero attached hydrogens (tertiary/aromatic N) is 2. The van der Waals surface area contributed by atoms with Gasteiger partial charge in [0.25, 0.3) is 5.56 Å². The lowest BCUT2D eigenvalue weighted by Crippen LogP contribution is -2.23. The van der Waals surface area contributed by atoms with Crippen LogP contribution < -0.4 is 5.56 Å². The minimum absolute atomic E-state index is 0.101. The Balaban J connectivity index is 2.02. The summed E-state index contributed by atoms with van der Waals surface area (Å²) in [6.07, 6.45) is 3.22. The van der Waals surface area contributed by atoms with Crippen LogP contribution in [-0.4, -0.2) is 4.57 Å². The van der Waals surface area contributed by atoms with Crippen LogP contribution in [0.4, 0.5) is 0 Å². The van der Waals surface area contributed by atoms with Gasteiger partial charge in [-0.25, -0.2) is 0 Å². The lowest BCUT2D eigenvalue weighted by molar-refractivity contribution is 0.581. The summed E-state index contributed by atoms with van der Waals surface area (Å²) < 4.78 is 6.83. The van der Waals surface area contributed by atoms with Crippen molar-refractivity contribution in [3.63, 3.8) is 0 Å². The van der Waals surface area contributed by atoms with Crippen molar-refractivity contribution in [2.45, 2.75) is 13.5 Å². The average molecular weight is 290 g/mol. The van der Waals surface area contributed by atoms with E-state index in [2.05, 4.69) is 0 Å². The van der Waals surface area contributed by atoms with Crippen LogP contribution in [0.2, 0.25) is 0 Å². The fourth-order valence-corrected chi connectivity index (χ4v) is 2.33. The molecule has 2 aromatic heterocycles. The summed E-state index contributed by atoms with van der Waals surface area (Å²) in [4.78, 5) is 12.5. The number of pyridine rings is 1. The van der Waals surface area contributed by atoms with Crippen LogP contribution in [0.3, 0.4) is 0 Å². The smallest absolute Gasteiger partial charge is 0.269 e. The number of hydrogen-bond acceptors (Lipinski definition) is 3. The number of furan rings is 1. The van der Waals surface area contributed by atoms with E-state index in [-0.39, 0.29) is 11.1 Å². The van der Waals surface area contributed by atoms with Gasteiger partial charge in [-0.2, -0.15) is 5.26 Å². The van der Waals surface area contributed by atoms with Crippen LogP contribution in [0.15, 0.2) is 64.1 Å². The molecular formula is C18H14N2O2. The van der Waals surface area contributed by atoms with E-state index in [0.29, 0.717) is 17.9 Å². The van der Waals surface area contributed by atoms with Crippen LogP contribution in [0, 0.1) is 18.3 Å². The van der Waals surface area contributed by atoms with Gasteiger partial charge in [-0.1, -0.05) is 29.8 Å². The summed E-state index contributed by atoms with van der Waals surface area (Å²) in [5, 5.41) is 9.32. The molecule has 0 unspecified atom stereocenters. The zero-order valence-electron chi connectivity index (χ0n) is 12.1. The first-order valence-electron chi connectivity index (χ1n) is 6.92. The predicted molar refractivity (Wildman–Crippen MR) is 83.4 cm³/mol. The number of rotatable bonds is 3. The van der Waals surface area contributed by atoms with Gasteiger partial charge in [0.15, 0.2) is 0 Å². The van der Waals surface area contributed by atoms with E-state index in [9.17, 15) is 10.1 Å². The second kappa shape index (κ2) is 5.74. The van der Waals surface area contributed by atoms with Gasteiger partial charge >= 0.3 is 0 Å². The molecule has 22 heavy (non-hydrogen) atoms. The van der Waals surface area contributed by atoms with Gasteiger partial charge in [-0.15, -0.1) is 0 Å². The average Bonchev–Trinajstić information content (AvgIpc) is 3.05. The Morgan fingerprint density at radius 1 is 1.18 bits per heavy atom. The third kappa shape index (κ3) is 2.57. The molecule has 0 aliphatic heterocycles. The molecule has 0 bridgehead atoms. The first-order valence-corrected chi connectivity index (χ1v) is 6.92. The van der Waals surface area contributed by atoms with Gasteiger partial charge in [-0.05, 0) is 30.7 Å². The molecule has 4 heteroatoms. The van der Waals surface area contributed by atoms with E-state index < -0.39 is 0 Å². The molecule has 0 amide bonds. The summed E-state index contributed by atoms with van der Waals surface area (Å²) in [5.74, 6) is 0.524. The third-order valence-electron chi connectivity index (χ3n) is 3.54. The highest BCUT2D eigenvalue weighted by atomic mass is 16.3. The van der Waals surface area contributed by atoms with Gasteiger partial charge in [-0.3, -0.25) is 4.79 Å². The summed E-state index contributed by atoms with van der Waals surface area (Å²) >= 11 is 0. The van der Waals surface area contributed by atoms with Gasteiger partial charge in [0.2, 0.25) is 0 Å². The summed E-state index contributed by atoms with van der Waals surface area (Å²) in [7, 11) is 0. The number of benzene rings is 1. The van der Waals surface area contributed by atoms with Crippen molar-refractivity contribution in [3.8, 4) is 17.4 Å². The number of aryl methyl sites for hydroxylation is 1. The second-order valence-corrected chi connectivity index (χ2v) is 5.11. The molecule has 0 radical (unpaired) electrons. The van der Waals surface area contributed by atoms with Crippen molar-refractivity contribution in [1.82, 2.24) is 4.57 Å². The van der Waals surface area contributed by atoms with Crippen molar-refractivity contribution >= 4 is 0 Å². The lowest BCUT2D eigenvalue weighted by atomic mass is 10.1. The zero-order valence-corrected chi connectivity index (χ0v) is 12.1. The Morgan fingerprint density at radius 2 is 1.95 bits per heavy atom. The Hall–Kier alpha value is -3.06. The highest BCUT2D eigenvalue weighted by Crippen LogP contribution is 2.21. The first kappa shape index (κ1) is 13.9. The highest BCUT2D eigenvalue weighted by Gasteiger charge is 2.13. The van der Waals surface area contributed by atoms with Gasteiger partial charge < -0.3 is 8.98 Å². The maximum absolute atomic E-state index is 12.5. The minimum atomic E-state index is -0.308. The van der Waals surface area contributed by atoms with E-state index in [1.165, 1.54) is 16.4 Å². The van der Waals surface area contributed by atoms with Gasteiger partial charge in [0, 0.05) is 11.8 Å². The quantitative estimate of drug-likeness (QED) is 0.743. The van der Waals surface area contributed by atoms with E-state index in [0.717, 1.165) is 5.56 Å². The van der Waals surface area contributed by atoms with Crippen LogP contribution in [0.5, 0.6) is 0 Å². The Bertz CT molecular complexity index is 882. The molecule has 108 valence electrons. The summed E-state index contributed by atoms with van der Waals surface area (Å²) in [6.45, 7) is 2.45. The zero-order chi connectivity index (χ0) is 15.5. The fourth-order valence-electron chi connectivity index (χ4n) is 2.33. The molecule has 4 nitrogen and oxygen atoms in total. The second-order valence-electron chi connectivity index (χ2n) is 5.11. The highest BCUT2D eigenvalue weighted by molar-refractivity contribution is 5.64. The van der Waals surface area contributed by atoms with Gasteiger partial charge in [0.05, 0.1) is 12.8 Å². The number of aromatic nitrogens is 1. The Morgan fingerprint density at radius 3 is 2.59 bits per heavy atom. The normalized spacial score (nSPS) is 10.4. The van der Waals surface area contributed by atoms with E-state index in [4.69, 9.17) is 4.42 Å². The molecule has 0 atom stereocenters. The van der Waals surface area contributed by atoms with Crippen LogP contribution in [0.25, 0.3) is 11.3 Å². The van der Waals surface area contributed by atoms with E-state index in [1.807, 2.05) is 37.3 Å². The van der Waals surface area contributed by atoms with Crippen LogP contribution in [0.1, 0.15) is 16.7 Å². The molecule has 0 saturated heterocycles. The topological polar surface area (TPSA) is 58.9 Å². The number of nitriles is 1. The van der Waals surface area contributed by atoms with Crippen molar-refractivity contribution in [1.29, 1.82) is 5.26 Å². The molecule has 0 spiro atoms. The Labute approximate surface area is 127 Å². The molecule has 1 aromatic carbocycles. The molecule has 3 rings (SSSR count). The maximum atomic E-state index is 12.5. The molecule has 0 aliphatic rings. The summed E-state index contributed by atoms with van der Waals surface area (Å²) in [5.41, 5.74) is 2.50. The SMILES string of the molecule is Cc1ccc(Cn2ccc(-c3ccco3)c(C#N)c2=O)cc1. The largest absolute Gasteiger partial charge is 0.464 e. The first-order chi connectivity index (χ1) is 10.7. The predicted octanol–water partition coefficient (Wildman–Crippen LogP) is 3.34. The molecule has 3 aromatic rings. The maximum Gasteiger partial charge on any atom is 0.269 e.